The van der Waals surface area contributed by atoms with Crippen molar-refractivity contribution in [3.05, 3.63) is 53.3 Å². The van der Waals surface area contributed by atoms with Crippen LogP contribution in [-0.4, -0.2) is 29.5 Å². The Morgan fingerprint density at radius 2 is 2.20 bits per heavy atom. The molecule has 0 atom stereocenters. The second kappa shape index (κ2) is 7.24. The second-order valence-electron chi connectivity index (χ2n) is 5.51. The van der Waals surface area contributed by atoms with E-state index < -0.39 is 10.0 Å². The van der Waals surface area contributed by atoms with E-state index in [1.807, 2.05) is 22.2 Å². The van der Waals surface area contributed by atoms with Crippen molar-refractivity contribution in [1.29, 1.82) is 0 Å². The first kappa shape index (κ1) is 17.4. The normalized spacial score (nSPS) is 11.6. The first-order valence-corrected chi connectivity index (χ1v) is 10.3. The summed E-state index contributed by atoms with van der Waals surface area (Å²) in [6.07, 6.45) is 4.29. The zero-order valence-electron chi connectivity index (χ0n) is 13.6. The summed E-state index contributed by atoms with van der Waals surface area (Å²) in [6, 6.07) is 6.42. The molecule has 2 heterocycles. The van der Waals surface area contributed by atoms with Crippen LogP contribution in [0.1, 0.15) is 29.4 Å². The van der Waals surface area contributed by atoms with E-state index in [0.717, 1.165) is 10.7 Å². The van der Waals surface area contributed by atoms with E-state index in [4.69, 9.17) is 0 Å². The number of anilines is 1. The molecule has 0 radical (unpaired) electrons. The van der Waals surface area contributed by atoms with Crippen LogP contribution in [0.15, 0.2) is 42.0 Å². The van der Waals surface area contributed by atoms with E-state index in [9.17, 15) is 13.2 Å². The number of carbonyl (C=O) groups excluding carboxylic acids is 1. The number of sulfonamides is 1. The maximum atomic E-state index is 12.3. The van der Waals surface area contributed by atoms with Crippen LogP contribution >= 0.6 is 11.3 Å². The third-order valence-electron chi connectivity index (χ3n) is 3.44. The number of aromatic nitrogens is 2. The highest BCUT2D eigenvalue weighted by atomic mass is 32.2. The molecule has 25 heavy (non-hydrogen) atoms. The van der Waals surface area contributed by atoms with E-state index in [2.05, 4.69) is 15.0 Å². The summed E-state index contributed by atoms with van der Waals surface area (Å²) < 4.78 is 28.0. The number of amides is 1. The van der Waals surface area contributed by atoms with Gasteiger partial charge in [-0.25, -0.2) is 13.4 Å². The molecule has 0 saturated heterocycles. The highest BCUT2D eigenvalue weighted by Gasteiger charge is 2.12. The van der Waals surface area contributed by atoms with Crippen molar-refractivity contribution in [2.45, 2.75) is 19.9 Å². The highest BCUT2D eigenvalue weighted by molar-refractivity contribution is 7.92. The molecular weight excluding hydrogens is 360 g/mol. The Morgan fingerprint density at radius 3 is 2.96 bits per heavy atom. The summed E-state index contributed by atoms with van der Waals surface area (Å²) >= 11 is 1.52. The van der Waals surface area contributed by atoms with Gasteiger partial charge in [0.1, 0.15) is 0 Å². The molecule has 1 amide bonds. The minimum absolute atomic E-state index is 0.0425. The number of imidazole rings is 1. The number of thiazole rings is 1. The topological polar surface area (TPSA) is 92.6 Å². The van der Waals surface area contributed by atoms with E-state index in [0.29, 0.717) is 24.2 Å². The van der Waals surface area contributed by atoms with Crippen LogP contribution < -0.4 is 10.0 Å². The number of nitrogens with one attached hydrogen (secondary N) is 2. The monoisotopic (exact) mass is 378 g/mol. The molecule has 7 nitrogen and oxygen atoms in total. The fraction of sp³-hybridized carbons (Fsp3) is 0.250. The zero-order valence-corrected chi connectivity index (χ0v) is 15.2. The SMILES string of the molecule is CCCS(=O)(=O)Nc1cccc(C(=O)NCc2cn3ccsc3n2)c1. The molecule has 3 aromatic rings. The van der Waals surface area contributed by atoms with E-state index in [1.165, 1.54) is 17.4 Å². The largest absolute Gasteiger partial charge is 0.346 e. The average Bonchev–Trinajstić information content (AvgIpc) is 3.13. The third-order valence-corrected chi connectivity index (χ3v) is 5.71. The average molecular weight is 378 g/mol. The summed E-state index contributed by atoms with van der Waals surface area (Å²) in [5.74, 6) is -0.242. The smallest absolute Gasteiger partial charge is 0.251 e. The van der Waals surface area contributed by atoms with Gasteiger partial charge in [0, 0.05) is 29.0 Å². The Kier molecular flexibility index (Phi) is 5.05. The van der Waals surface area contributed by atoms with Crippen LogP contribution in [0.4, 0.5) is 5.69 Å². The molecule has 1 aromatic carbocycles. The number of nitrogens with zero attached hydrogens (tertiary/aromatic N) is 2. The van der Waals surface area contributed by atoms with Gasteiger partial charge >= 0.3 is 0 Å². The molecule has 0 saturated carbocycles. The summed E-state index contributed by atoms with van der Waals surface area (Å²) in [7, 11) is -3.38. The molecule has 132 valence electrons. The van der Waals surface area contributed by atoms with E-state index in [-0.39, 0.29) is 11.7 Å². The van der Waals surface area contributed by atoms with Crippen molar-refractivity contribution in [3.8, 4) is 0 Å². The standard InChI is InChI=1S/C16H18N4O3S2/c1-2-8-25(22,23)19-13-5-3-4-12(9-13)15(21)17-10-14-11-20-6-7-24-16(20)18-14/h3-7,9,11,19H,2,8,10H2,1H3,(H,17,21). The molecular formula is C16H18N4O3S2. The predicted octanol–water partition coefficient (Wildman–Crippen LogP) is 2.48. The van der Waals surface area contributed by atoms with Crippen LogP contribution in [0.5, 0.6) is 0 Å². The van der Waals surface area contributed by atoms with Crippen molar-refractivity contribution in [1.82, 2.24) is 14.7 Å². The van der Waals surface area contributed by atoms with Gasteiger partial charge < -0.3 is 5.32 Å². The summed E-state index contributed by atoms with van der Waals surface area (Å²) in [4.78, 5) is 17.6. The molecule has 2 N–H and O–H groups in total. The molecule has 2 aromatic heterocycles. The number of hydrogen-bond donors (Lipinski definition) is 2. The Labute approximate surface area is 149 Å². The summed E-state index contributed by atoms with van der Waals surface area (Å²) in [5, 5.41) is 4.73. The molecule has 9 heteroatoms. The van der Waals surface area contributed by atoms with Crippen LogP contribution in [0.2, 0.25) is 0 Å². The maximum absolute atomic E-state index is 12.3. The lowest BCUT2D eigenvalue weighted by Crippen LogP contribution is -2.23. The number of benzene rings is 1. The minimum Gasteiger partial charge on any atom is -0.346 e. The van der Waals surface area contributed by atoms with Gasteiger partial charge in [0.2, 0.25) is 10.0 Å². The Bertz CT molecular complexity index is 963. The Hall–Kier alpha value is -2.39. The molecule has 0 aliphatic heterocycles. The maximum Gasteiger partial charge on any atom is 0.251 e. The van der Waals surface area contributed by atoms with Crippen LogP contribution in [0.25, 0.3) is 4.96 Å². The predicted molar refractivity (Wildman–Crippen MR) is 98.4 cm³/mol. The molecule has 0 fully saturated rings. The Balaban J connectivity index is 1.65. The molecule has 0 aliphatic carbocycles. The number of carbonyl (C=O) groups is 1. The van der Waals surface area contributed by atoms with Gasteiger partial charge in [0.25, 0.3) is 5.91 Å². The Morgan fingerprint density at radius 1 is 1.36 bits per heavy atom. The first-order valence-electron chi connectivity index (χ1n) is 7.76. The van der Waals surface area contributed by atoms with Gasteiger partial charge in [-0.05, 0) is 24.6 Å². The van der Waals surface area contributed by atoms with E-state index in [1.54, 1.807) is 25.1 Å². The van der Waals surface area contributed by atoms with Gasteiger partial charge in [0.15, 0.2) is 4.96 Å². The minimum atomic E-state index is -3.38. The molecule has 0 unspecified atom stereocenters. The summed E-state index contributed by atoms with van der Waals surface area (Å²) in [5.41, 5.74) is 1.53. The number of fused-ring (bicyclic) bond motifs is 1. The van der Waals surface area contributed by atoms with Gasteiger partial charge in [-0.3, -0.25) is 13.9 Å². The zero-order chi connectivity index (χ0) is 17.9. The molecule has 3 rings (SSSR count). The van der Waals surface area contributed by atoms with Crippen molar-refractivity contribution in [2.75, 3.05) is 10.5 Å². The lowest BCUT2D eigenvalue weighted by molar-refractivity contribution is 0.0950. The second-order valence-corrected chi connectivity index (χ2v) is 8.22. The first-order chi connectivity index (χ1) is 12.0. The third kappa shape index (κ3) is 4.37. The molecule has 0 spiro atoms. The highest BCUT2D eigenvalue weighted by Crippen LogP contribution is 2.14. The lowest BCUT2D eigenvalue weighted by Gasteiger charge is -2.09. The molecule has 0 bridgehead atoms. The van der Waals surface area contributed by atoms with Crippen molar-refractivity contribution in [3.63, 3.8) is 0 Å². The number of hydrogen-bond acceptors (Lipinski definition) is 5. The van der Waals surface area contributed by atoms with E-state index >= 15 is 0 Å². The van der Waals surface area contributed by atoms with Gasteiger partial charge in [-0.2, -0.15) is 0 Å². The van der Waals surface area contributed by atoms with Crippen molar-refractivity contribution >= 4 is 37.9 Å². The quantitative estimate of drug-likeness (QED) is 0.661. The summed E-state index contributed by atoms with van der Waals surface area (Å²) in [6.45, 7) is 2.10. The fourth-order valence-corrected chi connectivity index (χ4v) is 4.20. The van der Waals surface area contributed by atoms with Crippen LogP contribution in [0, 0.1) is 0 Å². The van der Waals surface area contributed by atoms with Crippen LogP contribution in [-0.2, 0) is 16.6 Å². The van der Waals surface area contributed by atoms with Gasteiger partial charge in [-0.15, -0.1) is 11.3 Å². The van der Waals surface area contributed by atoms with Crippen LogP contribution in [0.3, 0.4) is 0 Å². The van der Waals surface area contributed by atoms with Gasteiger partial charge in [-0.1, -0.05) is 13.0 Å². The van der Waals surface area contributed by atoms with Crippen molar-refractivity contribution < 1.29 is 13.2 Å². The number of rotatable bonds is 7. The van der Waals surface area contributed by atoms with Gasteiger partial charge in [0.05, 0.1) is 18.0 Å². The fourth-order valence-electron chi connectivity index (χ4n) is 2.36. The molecule has 0 aliphatic rings. The van der Waals surface area contributed by atoms with Crippen molar-refractivity contribution in [2.24, 2.45) is 0 Å². The lowest BCUT2D eigenvalue weighted by atomic mass is 10.2.